The van der Waals surface area contributed by atoms with Crippen molar-refractivity contribution < 1.29 is 13.7 Å². The standard InChI is InChI=1S/C15H33BO3Si/c1-13(2,3)20(8,9)17-12-10-11-16-18-14(4,5)15(6,7)19-16/h10-12H2,1-9H3. The summed E-state index contributed by atoms with van der Waals surface area (Å²) in [7, 11) is -1.71. The molecule has 1 saturated heterocycles. The van der Waals surface area contributed by atoms with E-state index < -0.39 is 8.32 Å². The minimum atomic E-state index is -1.62. The van der Waals surface area contributed by atoms with E-state index in [-0.39, 0.29) is 23.4 Å². The molecule has 1 fully saturated rings. The molecule has 20 heavy (non-hydrogen) atoms. The fraction of sp³-hybridized carbons (Fsp3) is 1.00. The highest BCUT2D eigenvalue weighted by Crippen LogP contribution is 2.39. The maximum Gasteiger partial charge on any atom is 0.457 e. The molecule has 0 spiro atoms. The molecule has 3 nitrogen and oxygen atoms in total. The van der Waals surface area contributed by atoms with Gasteiger partial charge in [-0.15, -0.1) is 0 Å². The van der Waals surface area contributed by atoms with Gasteiger partial charge in [0.1, 0.15) is 0 Å². The van der Waals surface area contributed by atoms with Gasteiger partial charge in [-0.05, 0) is 58.6 Å². The average molecular weight is 300 g/mol. The van der Waals surface area contributed by atoms with Crippen LogP contribution in [-0.4, -0.2) is 33.2 Å². The smallest absolute Gasteiger partial charge is 0.417 e. The number of rotatable bonds is 5. The molecule has 0 saturated carbocycles. The molecule has 0 N–H and O–H groups in total. The lowest BCUT2D eigenvalue weighted by atomic mass is 9.83. The van der Waals surface area contributed by atoms with E-state index in [9.17, 15) is 0 Å². The highest BCUT2D eigenvalue weighted by Gasteiger charge is 2.50. The lowest BCUT2D eigenvalue weighted by molar-refractivity contribution is 0.00578. The van der Waals surface area contributed by atoms with Gasteiger partial charge in [0.25, 0.3) is 0 Å². The monoisotopic (exact) mass is 300 g/mol. The molecule has 0 aromatic carbocycles. The van der Waals surface area contributed by atoms with Crippen molar-refractivity contribution >= 4 is 15.4 Å². The predicted molar refractivity (Wildman–Crippen MR) is 88.7 cm³/mol. The van der Waals surface area contributed by atoms with Gasteiger partial charge in [-0.1, -0.05) is 20.8 Å². The van der Waals surface area contributed by atoms with Crippen molar-refractivity contribution in [3.63, 3.8) is 0 Å². The van der Waals surface area contributed by atoms with Gasteiger partial charge in [-0.3, -0.25) is 0 Å². The van der Waals surface area contributed by atoms with E-state index in [0.29, 0.717) is 0 Å². The molecular formula is C15H33BO3Si. The zero-order valence-electron chi connectivity index (χ0n) is 14.9. The quantitative estimate of drug-likeness (QED) is 0.553. The van der Waals surface area contributed by atoms with E-state index in [1.165, 1.54) is 0 Å². The van der Waals surface area contributed by atoms with Crippen LogP contribution < -0.4 is 0 Å². The van der Waals surface area contributed by atoms with Crippen molar-refractivity contribution in [3.05, 3.63) is 0 Å². The van der Waals surface area contributed by atoms with Gasteiger partial charge < -0.3 is 13.7 Å². The highest BCUT2D eigenvalue weighted by molar-refractivity contribution is 6.74. The molecule has 1 aliphatic rings. The maximum absolute atomic E-state index is 6.19. The maximum atomic E-state index is 6.19. The Kier molecular flexibility index (Phi) is 5.23. The summed E-state index contributed by atoms with van der Waals surface area (Å²) in [6.07, 6.45) is 1.89. The van der Waals surface area contributed by atoms with Gasteiger partial charge in [0, 0.05) is 6.61 Å². The van der Waals surface area contributed by atoms with Crippen LogP contribution in [0.3, 0.4) is 0 Å². The largest absolute Gasteiger partial charge is 0.457 e. The molecule has 0 unspecified atom stereocenters. The molecule has 0 amide bonds. The summed E-state index contributed by atoms with van der Waals surface area (Å²) in [5, 5.41) is 0.275. The second kappa shape index (κ2) is 5.75. The van der Waals surface area contributed by atoms with Crippen molar-refractivity contribution in [1.82, 2.24) is 0 Å². The zero-order valence-corrected chi connectivity index (χ0v) is 15.9. The molecule has 1 rings (SSSR count). The van der Waals surface area contributed by atoms with Crippen LogP contribution in [-0.2, 0) is 13.7 Å². The molecule has 0 aromatic heterocycles. The average Bonchev–Trinajstić information content (AvgIpc) is 2.41. The molecule has 1 aliphatic heterocycles. The first-order valence-corrected chi connectivity index (χ1v) is 10.7. The molecule has 0 aromatic rings. The summed E-state index contributed by atoms with van der Waals surface area (Å²) in [6, 6.07) is 0. The van der Waals surface area contributed by atoms with Gasteiger partial charge >= 0.3 is 7.12 Å². The first-order valence-electron chi connectivity index (χ1n) is 7.78. The molecular weight excluding hydrogens is 267 g/mol. The summed E-state index contributed by atoms with van der Waals surface area (Å²) in [5.41, 5.74) is -0.449. The van der Waals surface area contributed by atoms with Crippen molar-refractivity contribution in [2.24, 2.45) is 0 Å². The molecule has 118 valence electrons. The Labute approximate surface area is 127 Å². The molecule has 0 radical (unpaired) electrons. The Balaban J connectivity index is 2.34. The Morgan fingerprint density at radius 3 is 1.85 bits per heavy atom. The second-order valence-corrected chi connectivity index (χ2v) is 13.2. The number of hydrogen-bond acceptors (Lipinski definition) is 3. The van der Waals surface area contributed by atoms with Crippen molar-refractivity contribution in [2.45, 2.75) is 90.5 Å². The van der Waals surface area contributed by atoms with Crippen LogP contribution in [0.5, 0.6) is 0 Å². The third-order valence-corrected chi connectivity index (χ3v) is 9.69. The van der Waals surface area contributed by atoms with Crippen molar-refractivity contribution in [1.29, 1.82) is 0 Å². The normalized spacial score (nSPS) is 22.4. The predicted octanol–water partition coefficient (Wildman–Crippen LogP) is 4.49. The summed E-state index contributed by atoms with van der Waals surface area (Å²) in [5.74, 6) is 0. The SMILES string of the molecule is CC1(C)OB(CCCO[Si](C)(C)C(C)(C)C)OC1(C)C. The topological polar surface area (TPSA) is 27.7 Å². The van der Waals surface area contributed by atoms with Crippen LogP contribution >= 0.6 is 0 Å². The summed E-state index contributed by atoms with van der Waals surface area (Å²) >= 11 is 0. The Morgan fingerprint density at radius 2 is 1.45 bits per heavy atom. The molecule has 5 heteroatoms. The Bertz CT molecular complexity index is 319. The van der Waals surface area contributed by atoms with Gasteiger partial charge in [0.05, 0.1) is 11.2 Å². The van der Waals surface area contributed by atoms with Crippen molar-refractivity contribution in [3.8, 4) is 0 Å². The van der Waals surface area contributed by atoms with Gasteiger partial charge in [0.15, 0.2) is 8.32 Å². The van der Waals surface area contributed by atoms with Crippen LogP contribution in [0, 0.1) is 0 Å². The number of hydrogen-bond donors (Lipinski definition) is 0. The van der Waals surface area contributed by atoms with E-state index in [0.717, 1.165) is 19.3 Å². The van der Waals surface area contributed by atoms with Gasteiger partial charge in [-0.25, -0.2) is 0 Å². The second-order valence-electron chi connectivity index (χ2n) is 8.44. The van der Waals surface area contributed by atoms with E-state index >= 15 is 0 Å². The lowest BCUT2D eigenvalue weighted by Gasteiger charge is -2.36. The van der Waals surface area contributed by atoms with Gasteiger partial charge in [0.2, 0.25) is 0 Å². The van der Waals surface area contributed by atoms with E-state index in [4.69, 9.17) is 13.7 Å². The van der Waals surface area contributed by atoms with E-state index in [1.54, 1.807) is 0 Å². The summed E-state index contributed by atoms with van der Waals surface area (Å²) in [6.45, 7) is 20.6. The van der Waals surface area contributed by atoms with Crippen LogP contribution in [0.25, 0.3) is 0 Å². The van der Waals surface area contributed by atoms with Crippen LogP contribution in [0.2, 0.25) is 24.5 Å². The Morgan fingerprint density at radius 1 is 1.00 bits per heavy atom. The minimum Gasteiger partial charge on any atom is -0.417 e. The summed E-state index contributed by atoms with van der Waals surface area (Å²) in [4.78, 5) is 0. The van der Waals surface area contributed by atoms with Crippen LogP contribution in [0.4, 0.5) is 0 Å². The zero-order chi connectivity index (χ0) is 15.8. The lowest BCUT2D eigenvalue weighted by Crippen LogP contribution is -2.41. The van der Waals surface area contributed by atoms with Gasteiger partial charge in [-0.2, -0.15) is 0 Å². The molecule has 0 aliphatic carbocycles. The first-order chi connectivity index (χ1) is 8.79. The van der Waals surface area contributed by atoms with E-state index in [2.05, 4.69) is 61.6 Å². The third-order valence-electron chi connectivity index (χ3n) is 5.16. The fourth-order valence-electron chi connectivity index (χ4n) is 1.88. The molecule has 0 atom stereocenters. The van der Waals surface area contributed by atoms with E-state index in [1.807, 2.05) is 0 Å². The highest BCUT2D eigenvalue weighted by atomic mass is 28.4. The third kappa shape index (κ3) is 4.09. The Hall–Kier alpha value is 0.162. The van der Waals surface area contributed by atoms with Crippen LogP contribution in [0.15, 0.2) is 0 Å². The minimum absolute atomic E-state index is 0.0944. The summed E-state index contributed by atoms with van der Waals surface area (Å²) < 4.78 is 18.2. The van der Waals surface area contributed by atoms with Crippen molar-refractivity contribution in [2.75, 3.05) is 6.61 Å². The fourth-order valence-corrected chi connectivity index (χ4v) is 2.96. The molecule has 1 heterocycles. The first kappa shape index (κ1) is 18.2. The molecule has 0 bridgehead atoms. The van der Waals surface area contributed by atoms with Crippen LogP contribution in [0.1, 0.15) is 54.9 Å².